The lowest BCUT2D eigenvalue weighted by Crippen LogP contribution is -2.37. The number of aromatic nitrogens is 3. The van der Waals surface area contributed by atoms with Gasteiger partial charge in [-0.25, -0.2) is 4.68 Å². The van der Waals surface area contributed by atoms with Crippen molar-refractivity contribution in [1.82, 2.24) is 25.6 Å². The molecule has 1 aliphatic rings. The fraction of sp³-hybridized carbons (Fsp3) is 0.550. The zero-order valence-corrected chi connectivity index (χ0v) is 17.8. The molecule has 8 heteroatoms. The number of methoxy groups -OCH3 is 1. The summed E-state index contributed by atoms with van der Waals surface area (Å²) in [5.41, 5.74) is 2.18. The second kappa shape index (κ2) is 9.39. The van der Waals surface area contributed by atoms with E-state index in [9.17, 15) is 4.79 Å². The van der Waals surface area contributed by atoms with E-state index in [1.165, 1.54) is 0 Å². The summed E-state index contributed by atoms with van der Waals surface area (Å²) in [7, 11) is 1.65. The molecule has 2 aromatic rings. The maximum absolute atomic E-state index is 12.7. The van der Waals surface area contributed by atoms with Gasteiger partial charge in [-0.2, -0.15) is 0 Å². The van der Waals surface area contributed by atoms with E-state index < -0.39 is 0 Å². The Morgan fingerprint density at radius 2 is 1.93 bits per heavy atom. The van der Waals surface area contributed by atoms with E-state index in [4.69, 9.17) is 4.74 Å². The fourth-order valence-electron chi connectivity index (χ4n) is 3.48. The number of benzene rings is 1. The molecule has 0 atom stereocenters. The summed E-state index contributed by atoms with van der Waals surface area (Å²) < 4.78 is 7.12. The molecule has 0 spiro atoms. The molecule has 28 heavy (non-hydrogen) atoms. The average molecular weight is 408 g/mol. The van der Waals surface area contributed by atoms with E-state index in [0.29, 0.717) is 18.3 Å². The molecule has 0 bridgehead atoms. The van der Waals surface area contributed by atoms with Crippen molar-refractivity contribution in [3.63, 3.8) is 0 Å². The molecule has 0 saturated carbocycles. The third-order valence-corrected chi connectivity index (χ3v) is 5.36. The van der Waals surface area contributed by atoms with Gasteiger partial charge in [0, 0.05) is 12.0 Å². The molecule has 0 radical (unpaired) electrons. The first-order valence-corrected chi connectivity index (χ1v) is 9.47. The Bertz CT molecular complexity index is 782. The van der Waals surface area contributed by atoms with Crippen LogP contribution in [0.5, 0.6) is 5.75 Å². The van der Waals surface area contributed by atoms with Gasteiger partial charge in [0.15, 0.2) is 5.69 Å². The Morgan fingerprint density at radius 3 is 2.54 bits per heavy atom. The molecular weight excluding hydrogens is 378 g/mol. The number of carbonyl (C=O) groups is 1. The first-order valence-electron chi connectivity index (χ1n) is 9.47. The zero-order valence-electron chi connectivity index (χ0n) is 17.0. The Kier molecular flexibility index (Phi) is 7.43. The minimum absolute atomic E-state index is 0. The number of halogens is 1. The van der Waals surface area contributed by atoms with Gasteiger partial charge in [0.25, 0.3) is 5.91 Å². The number of amides is 1. The van der Waals surface area contributed by atoms with Gasteiger partial charge < -0.3 is 15.4 Å². The summed E-state index contributed by atoms with van der Waals surface area (Å²) >= 11 is 0. The first-order chi connectivity index (χ1) is 12.9. The van der Waals surface area contributed by atoms with Crippen molar-refractivity contribution in [1.29, 1.82) is 0 Å². The highest BCUT2D eigenvalue weighted by Gasteiger charge is 2.25. The third-order valence-electron chi connectivity index (χ3n) is 5.36. The Morgan fingerprint density at radius 1 is 1.29 bits per heavy atom. The second-order valence-electron chi connectivity index (χ2n) is 7.74. The Labute approximate surface area is 172 Å². The summed E-state index contributed by atoms with van der Waals surface area (Å²) in [4.78, 5) is 12.7. The van der Waals surface area contributed by atoms with Crippen molar-refractivity contribution in [2.75, 3.05) is 26.7 Å². The summed E-state index contributed by atoms with van der Waals surface area (Å²) in [5, 5.41) is 14.8. The topological polar surface area (TPSA) is 81.1 Å². The van der Waals surface area contributed by atoms with E-state index in [1.807, 2.05) is 35.9 Å². The normalized spacial score (nSPS) is 15.0. The second-order valence-corrected chi connectivity index (χ2v) is 7.74. The highest BCUT2D eigenvalue weighted by molar-refractivity contribution is 5.93. The number of carbonyl (C=O) groups excluding carboxylic acids is 1. The molecule has 3 rings (SSSR count). The number of nitrogens with zero attached hydrogens (tertiary/aromatic N) is 3. The van der Waals surface area contributed by atoms with E-state index in [-0.39, 0.29) is 23.7 Å². The van der Waals surface area contributed by atoms with Gasteiger partial charge in [0.05, 0.1) is 18.8 Å². The van der Waals surface area contributed by atoms with Crippen molar-refractivity contribution in [3.05, 3.63) is 41.2 Å². The molecule has 0 aliphatic carbocycles. The predicted octanol–water partition coefficient (Wildman–Crippen LogP) is 2.65. The summed E-state index contributed by atoms with van der Waals surface area (Å²) in [5.74, 6) is 0.651. The SMILES string of the molecule is COc1ccc(C(C)(C)CNC(=O)c2nnn(C3CCNCC3)c2C)cc1.Cl. The van der Waals surface area contributed by atoms with Crippen LogP contribution in [0, 0.1) is 6.92 Å². The molecule has 1 saturated heterocycles. The molecule has 1 aliphatic heterocycles. The first kappa shape index (κ1) is 22.2. The van der Waals surface area contributed by atoms with Crippen molar-refractivity contribution in [3.8, 4) is 5.75 Å². The van der Waals surface area contributed by atoms with Crippen LogP contribution >= 0.6 is 12.4 Å². The number of nitrogens with one attached hydrogen (secondary N) is 2. The van der Waals surface area contributed by atoms with Gasteiger partial charge in [-0.1, -0.05) is 31.2 Å². The number of hydrogen-bond acceptors (Lipinski definition) is 5. The van der Waals surface area contributed by atoms with E-state index in [2.05, 4.69) is 34.8 Å². The largest absolute Gasteiger partial charge is 0.497 e. The molecule has 1 aromatic heterocycles. The van der Waals surface area contributed by atoms with Crippen LogP contribution in [0.4, 0.5) is 0 Å². The smallest absolute Gasteiger partial charge is 0.273 e. The van der Waals surface area contributed by atoms with Crippen molar-refractivity contribution in [2.45, 2.75) is 45.1 Å². The van der Waals surface area contributed by atoms with Crippen molar-refractivity contribution in [2.24, 2.45) is 0 Å². The molecular formula is C20H30ClN5O2. The van der Waals surface area contributed by atoms with Gasteiger partial charge in [0.1, 0.15) is 5.75 Å². The Hall–Kier alpha value is -2.12. The highest BCUT2D eigenvalue weighted by Crippen LogP contribution is 2.25. The van der Waals surface area contributed by atoms with Crippen LogP contribution in [0.1, 0.15) is 54.5 Å². The van der Waals surface area contributed by atoms with E-state index >= 15 is 0 Å². The zero-order chi connectivity index (χ0) is 19.4. The van der Waals surface area contributed by atoms with Crippen LogP contribution in [0.25, 0.3) is 0 Å². The number of piperidine rings is 1. The number of rotatable bonds is 6. The monoisotopic (exact) mass is 407 g/mol. The van der Waals surface area contributed by atoms with Gasteiger partial charge in [0.2, 0.25) is 0 Å². The summed E-state index contributed by atoms with van der Waals surface area (Å²) in [6.07, 6.45) is 2.02. The van der Waals surface area contributed by atoms with E-state index in [1.54, 1.807) is 7.11 Å². The molecule has 7 nitrogen and oxygen atoms in total. The van der Waals surface area contributed by atoms with Gasteiger partial charge in [-0.05, 0) is 50.6 Å². The number of ether oxygens (including phenoxy) is 1. The summed E-state index contributed by atoms with van der Waals surface area (Å²) in [6.45, 7) is 8.59. The molecule has 2 heterocycles. The molecule has 154 valence electrons. The molecule has 1 amide bonds. The molecule has 1 fully saturated rings. The van der Waals surface area contributed by atoms with Crippen LogP contribution in [0.3, 0.4) is 0 Å². The lowest BCUT2D eigenvalue weighted by Gasteiger charge is -2.26. The van der Waals surface area contributed by atoms with Crippen LogP contribution in [0.15, 0.2) is 24.3 Å². The minimum atomic E-state index is -0.207. The molecule has 1 aromatic carbocycles. The van der Waals surface area contributed by atoms with Crippen LogP contribution in [-0.4, -0.2) is 47.6 Å². The number of hydrogen-bond donors (Lipinski definition) is 2. The van der Waals surface area contributed by atoms with Gasteiger partial charge >= 0.3 is 0 Å². The maximum atomic E-state index is 12.7. The lowest BCUT2D eigenvalue weighted by atomic mass is 9.84. The van der Waals surface area contributed by atoms with Crippen LogP contribution < -0.4 is 15.4 Å². The predicted molar refractivity (Wildman–Crippen MR) is 112 cm³/mol. The van der Waals surface area contributed by atoms with Crippen LogP contribution in [0.2, 0.25) is 0 Å². The minimum Gasteiger partial charge on any atom is -0.497 e. The van der Waals surface area contributed by atoms with Crippen molar-refractivity contribution < 1.29 is 9.53 Å². The maximum Gasteiger partial charge on any atom is 0.273 e. The summed E-state index contributed by atoms with van der Waals surface area (Å²) in [6, 6.07) is 8.25. The fourth-order valence-corrected chi connectivity index (χ4v) is 3.48. The lowest BCUT2D eigenvalue weighted by molar-refractivity contribution is 0.0940. The van der Waals surface area contributed by atoms with Gasteiger partial charge in [-0.3, -0.25) is 4.79 Å². The highest BCUT2D eigenvalue weighted by atomic mass is 35.5. The molecule has 0 unspecified atom stereocenters. The Balaban J connectivity index is 0.00000280. The van der Waals surface area contributed by atoms with E-state index in [0.717, 1.165) is 42.9 Å². The van der Waals surface area contributed by atoms with Crippen molar-refractivity contribution >= 4 is 18.3 Å². The van der Waals surface area contributed by atoms with Gasteiger partial charge in [-0.15, -0.1) is 17.5 Å². The van der Waals surface area contributed by atoms with Crippen LogP contribution in [-0.2, 0) is 5.41 Å². The molecule has 2 N–H and O–H groups in total. The standard InChI is InChI=1S/C20H29N5O2.ClH/c1-14-18(23-24-25(14)16-9-11-21-12-10-16)19(26)22-13-20(2,3)15-5-7-17(27-4)8-6-15;/h5-8,16,21H,9-13H2,1-4H3,(H,22,26);1H. The average Bonchev–Trinajstić information content (AvgIpc) is 3.08. The quantitative estimate of drug-likeness (QED) is 0.769. The third kappa shape index (κ3) is 4.83.